The summed E-state index contributed by atoms with van der Waals surface area (Å²) >= 11 is 0. The molecule has 10 heteroatoms. The van der Waals surface area contributed by atoms with Gasteiger partial charge in [0.1, 0.15) is 11.6 Å². The average molecular weight is 431 g/mol. The molecule has 4 aliphatic rings. The van der Waals surface area contributed by atoms with Gasteiger partial charge in [-0.25, -0.2) is 4.79 Å². The van der Waals surface area contributed by atoms with Crippen LogP contribution < -0.4 is 0 Å². The van der Waals surface area contributed by atoms with Gasteiger partial charge < -0.3 is 14.5 Å². The lowest BCUT2D eigenvalue weighted by Crippen LogP contribution is -2.66. The van der Waals surface area contributed by atoms with Gasteiger partial charge in [0.25, 0.3) is 0 Å². The highest BCUT2D eigenvalue weighted by atomic mass is 19.4. The highest BCUT2D eigenvalue weighted by molar-refractivity contribution is 5.89. The van der Waals surface area contributed by atoms with Crippen LogP contribution in [0.3, 0.4) is 0 Å². The summed E-state index contributed by atoms with van der Waals surface area (Å²) < 4.78 is 44.6. The van der Waals surface area contributed by atoms with Crippen molar-refractivity contribution in [2.75, 3.05) is 19.6 Å². The van der Waals surface area contributed by atoms with E-state index in [1.54, 1.807) is 32.6 Å². The van der Waals surface area contributed by atoms with Gasteiger partial charge >= 0.3 is 18.2 Å². The Hall–Kier alpha value is -2.00. The average Bonchev–Trinajstić information content (AvgIpc) is 3.52. The molecule has 0 radical (unpaired) electrons. The van der Waals surface area contributed by atoms with Gasteiger partial charge in [-0.1, -0.05) is 0 Å². The van der Waals surface area contributed by atoms with Crippen molar-refractivity contribution >= 4 is 17.9 Å². The first-order valence-corrected chi connectivity index (χ1v) is 10.4. The van der Waals surface area contributed by atoms with Crippen LogP contribution >= 0.6 is 0 Å². The van der Waals surface area contributed by atoms with Crippen LogP contribution in [0.25, 0.3) is 0 Å². The van der Waals surface area contributed by atoms with Crippen LogP contribution in [0.5, 0.6) is 0 Å². The number of ether oxygens (including phenoxy) is 1. The maximum absolute atomic E-state index is 13.5. The van der Waals surface area contributed by atoms with E-state index < -0.39 is 41.4 Å². The summed E-state index contributed by atoms with van der Waals surface area (Å²) in [6, 6.07) is -1.21. The van der Waals surface area contributed by atoms with E-state index in [0.717, 1.165) is 11.3 Å². The van der Waals surface area contributed by atoms with Gasteiger partial charge in [0.05, 0.1) is 5.54 Å². The molecule has 3 amide bonds. The Bertz CT molecular complexity index is 774. The molecule has 4 atom stereocenters. The maximum Gasteiger partial charge on any atom is 0.471 e. The summed E-state index contributed by atoms with van der Waals surface area (Å²) in [6.07, 6.45) is -3.72. The number of fused-ring (bicyclic) bond motifs is 1. The lowest BCUT2D eigenvalue weighted by Gasteiger charge is -2.47. The van der Waals surface area contributed by atoms with Crippen molar-refractivity contribution in [3.63, 3.8) is 0 Å². The van der Waals surface area contributed by atoms with Gasteiger partial charge in [-0.3, -0.25) is 14.5 Å². The highest BCUT2D eigenvalue weighted by Crippen LogP contribution is 2.52. The molecular weight excluding hydrogens is 403 g/mol. The second kappa shape index (κ2) is 6.50. The fraction of sp³-hybridized carbons (Fsp3) is 0.850. The van der Waals surface area contributed by atoms with Crippen molar-refractivity contribution in [1.29, 1.82) is 0 Å². The molecular formula is C20H28F3N3O4. The minimum absolute atomic E-state index is 0.0715. The SMILES string of the molecule is C[C@H]1CN(C(=O)C(F)(F)F)C2(CC2)CN1C(=O)[C@@H]1[C@H]2C[C@H]2CN1C(=O)OC(C)(C)C. The van der Waals surface area contributed by atoms with Gasteiger partial charge in [0.15, 0.2) is 0 Å². The molecule has 30 heavy (non-hydrogen) atoms. The molecule has 2 saturated carbocycles. The van der Waals surface area contributed by atoms with Crippen LogP contribution in [0.15, 0.2) is 0 Å². The molecule has 4 rings (SSSR count). The quantitative estimate of drug-likeness (QED) is 0.639. The number of hydrogen-bond donors (Lipinski definition) is 0. The van der Waals surface area contributed by atoms with Gasteiger partial charge in [-0.05, 0) is 58.8 Å². The van der Waals surface area contributed by atoms with E-state index in [9.17, 15) is 27.6 Å². The van der Waals surface area contributed by atoms with Crippen molar-refractivity contribution in [2.24, 2.45) is 11.8 Å². The van der Waals surface area contributed by atoms with Crippen LogP contribution in [-0.2, 0) is 14.3 Å². The largest absolute Gasteiger partial charge is 0.471 e. The number of amides is 3. The smallest absolute Gasteiger partial charge is 0.444 e. The number of halogens is 3. The molecule has 0 N–H and O–H groups in total. The molecule has 0 aromatic heterocycles. The van der Waals surface area contributed by atoms with Crippen molar-refractivity contribution in [1.82, 2.24) is 14.7 Å². The van der Waals surface area contributed by atoms with E-state index in [4.69, 9.17) is 4.74 Å². The molecule has 2 aliphatic heterocycles. The third kappa shape index (κ3) is 3.62. The van der Waals surface area contributed by atoms with E-state index in [2.05, 4.69) is 0 Å². The van der Waals surface area contributed by atoms with Crippen LogP contribution in [0, 0.1) is 11.8 Å². The molecule has 1 spiro atoms. The Morgan fingerprint density at radius 2 is 1.67 bits per heavy atom. The van der Waals surface area contributed by atoms with Gasteiger partial charge in [-0.15, -0.1) is 0 Å². The van der Waals surface area contributed by atoms with E-state index >= 15 is 0 Å². The van der Waals surface area contributed by atoms with Crippen LogP contribution in [-0.4, -0.2) is 81.6 Å². The van der Waals surface area contributed by atoms with Crippen LogP contribution in [0.2, 0.25) is 0 Å². The number of piperazine rings is 1. The van der Waals surface area contributed by atoms with Crippen molar-refractivity contribution < 1.29 is 32.3 Å². The fourth-order valence-electron chi connectivity index (χ4n) is 4.89. The Morgan fingerprint density at radius 3 is 2.20 bits per heavy atom. The first-order valence-electron chi connectivity index (χ1n) is 10.4. The van der Waals surface area contributed by atoms with Crippen LogP contribution in [0.1, 0.15) is 47.0 Å². The third-order valence-electron chi connectivity index (χ3n) is 6.64. The minimum Gasteiger partial charge on any atom is -0.444 e. The summed E-state index contributed by atoms with van der Waals surface area (Å²) in [5.74, 6) is -1.74. The van der Waals surface area contributed by atoms with Gasteiger partial charge in [0, 0.05) is 25.7 Å². The van der Waals surface area contributed by atoms with E-state index in [-0.39, 0.29) is 30.8 Å². The zero-order valence-electron chi connectivity index (χ0n) is 17.7. The van der Waals surface area contributed by atoms with Crippen molar-refractivity contribution in [3.05, 3.63) is 0 Å². The third-order valence-corrected chi connectivity index (χ3v) is 6.64. The number of rotatable bonds is 1. The normalized spacial score (nSPS) is 32.2. The number of nitrogens with zero attached hydrogens (tertiary/aromatic N) is 3. The number of carbonyl (C=O) groups is 3. The molecule has 2 aliphatic carbocycles. The molecule has 0 unspecified atom stereocenters. The second-order valence-corrected chi connectivity index (χ2v) is 10.2. The topological polar surface area (TPSA) is 70.2 Å². The summed E-state index contributed by atoms with van der Waals surface area (Å²) in [5.41, 5.74) is -1.63. The molecule has 2 saturated heterocycles. The summed E-state index contributed by atoms with van der Waals surface area (Å²) in [4.78, 5) is 42.0. The first-order chi connectivity index (χ1) is 13.7. The summed E-state index contributed by atoms with van der Waals surface area (Å²) in [6.45, 7) is 7.31. The number of likely N-dealkylation sites (tertiary alicyclic amines) is 1. The van der Waals surface area contributed by atoms with Crippen LogP contribution in [0.4, 0.5) is 18.0 Å². The Labute approximate surface area is 173 Å². The van der Waals surface area contributed by atoms with Gasteiger partial charge in [-0.2, -0.15) is 13.2 Å². The predicted octanol–water partition coefficient (Wildman–Crippen LogP) is 2.40. The lowest BCUT2D eigenvalue weighted by atomic mass is 10.0. The number of hydrogen-bond acceptors (Lipinski definition) is 4. The second-order valence-electron chi connectivity index (χ2n) is 10.2. The Balaban J connectivity index is 1.51. The van der Waals surface area contributed by atoms with Crippen molar-refractivity contribution in [3.8, 4) is 0 Å². The van der Waals surface area contributed by atoms with Crippen molar-refractivity contribution in [2.45, 2.75) is 76.4 Å². The molecule has 168 valence electrons. The monoisotopic (exact) mass is 431 g/mol. The number of piperidine rings is 1. The van der Waals surface area contributed by atoms with E-state index in [0.29, 0.717) is 19.4 Å². The van der Waals surface area contributed by atoms with E-state index in [1.807, 2.05) is 0 Å². The summed E-state index contributed by atoms with van der Waals surface area (Å²) in [7, 11) is 0. The Kier molecular flexibility index (Phi) is 4.60. The first kappa shape index (κ1) is 21.2. The molecule has 2 heterocycles. The standard InChI is InChI=1S/C20H28F3N3O4/c1-11-8-26(16(28)20(21,22)23)19(5-6-19)10-25(11)15(27)14-13-7-12(13)9-24(14)17(29)30-18(2,3)4/h11-14H,5-10H2,1-4H3/t11-,12-,13-,14-/m0/s1. The molecule has 0 aromatic carbocycles. The fourth-order valence-corrected chi connectivity index (χ4v) is 4.89. The molecule has 7 nitrogen and oxygen atoms in total. The minimum atomic E-state index is -4.93. The lowest BCUT2D eigenvalue weighted by molar-refractivity contribution is -0.193. The number of carbonyl (C=O) groups excluding carboxylic acids is 3. The maximum atomic E-state index is 13.5. The van der Waals surface area contributed by atoms with Gasteiger partial charge in [0.2, 0.25) is 5.91 Å². The van der Waals surface area contributed by atoms with E-state index in [1.165, 1.54) is 4.90 Å². The molecule has 4 fully saturated rings. The number of alkyl halides is 3. The Morgan fingerprint density at radius 1 is 1.03 bits per heavy atom. The molecule has 0 aromatic rings. The summed E-state index contributed by atoms with van der Waals surface area (Å²) in [5, 5.41) is 0. The highest BCUT2D eigenvalue weighted by Gasteiger charge is 2.63. The zero-order chi connectivity index (χ0) is 22.2. The molecule has 0 bridgehead atoms. The predicted molar refractivity (Wildman–Crippen MR) is 99.2 cm³/mol. The zero-order valence-corrected chi connectivity index (χ0v) is 17.7.